The Morgan fingerprint density at radius 2 is 2.18 bits per heavy atom. The first kappa shape index (κ1) is 8.89. The van der Waals surface area contributed by atoms with E-state index in [1.807, 2.05) is 22.6 Å². The van der Waals surface area contributed by atoms with Gasteiger partial charge in [0.05, 0.1) is 0 Å². The summed E-state index contributed by atoms with van der Waals surface area (Å²) in [6, 6.07) is 1.33. The van der Waals surface area contributed by atoms with Gasteiger partial charge in [-0.05, 0) is 28.7 Å². The standard InChI is InChI=1S/C5H4BFINO2/c7-5-4(6(10)11)1-3(8)2-9-5/h1-2,10-11H. The zero-order valence-electron chi connectivity index (χ0n) is 5.33. The normalized spacial score (nSPS) is 9.82. The van der Waals surface area contributed by atoms with Crippen LogP contribution < -0.4 is 5.46 Å². The van der Waals surface area contributed by atoms with Gasteiger partial charge in [0.15, 0.2) is 0 Å². The van der Waals surface area contributed by atoms with E-state index in [1.165, 1.54) is 12.3 Å². The molecular weight excluding hydrogens is 263 g/mol. The second-order valence-electron chi connectivity index (χ2n) is 1.91. The SMILES string of the molecule is OB(O)c1cc(I)cnc1F. The van der Waals surface area contributed by atoms with Gasteiger partial charge in [0.2, 0.25) is 5.95 Å². The summed E-state index contributed by atoms with van der Waals surface area (Å²) in [6.07, 6.45) is 1.31. The minimum atomic E-state index is -1.79. The second kappa shape index (κ2) is 3.46. The van der Waals surface area contributed by atoms with Gasteiger partial charge in [-0.2, -0.15) is 4.39 Å². The highest BCUT2D eigenvalue weighted by atomic mass is 127. The zero-order valence-corrected chi connectivity index (χ0v) is 7.49. The van der Waals surface area contributed by atoms with Crippen molar-refractivity contribution < 1.29 is 14.4 Å². The molecule has 1 aromatic heterocycles. The summed E-state index contributed by atoms with van der Waals surface area (Å²) < 4.78 is 13.2. The summed E-state index contributed by atoms with van der Waals surface area (Å²) >= 11 is 1.90. The topological polar surface area (TPSA) is 53.4 Å². The molecule has 0 atom stereocenters. The summed E-state index contributed by atoms with van der Waals surface area (Å²) in [7, 11) is -1.79. The van der Waals surface area contributed by atoms with Crippen molar-refractivity contribution in [1.29, 1.82) is 0 Å². The third-order valence-electron chi connectivity index (χ3n) is 1.11. The lowest BCUT2D eigenvalue weighted by molar-refractivity contribution is 0.422. The van der Waals surface area contributed by atoms with Crippen molar-refractivity contribution in [2.75, 3.05) is 0 Å². The molecule has 0 bridgehead atoms. The fourth-order valence-corrected chi connectivity index (χ4v) is 1.09. The van der Waals surface area contributed by atoms with Gasteiger partial charge in [0.1, 0.15) is 0 Å². The molecule has 58 valence electrons. The van der Waals surface area contributed by atoms with E-state index in [-0.39, 0.29) is 5.46 Å². The van der Waals surface area contributed by atoms with E-state index >= 15 is 0 Å². The molecule has 0 amide bonds. The number of aromatic nitrogens is 1. The quantitative estimate of drug-likeness (QED) is 0.410. The fraction of sp³-hybridized carbons (Fsp3) is 0. The Kier molecular flexibility index (Phi) is 2.80. The molecule has 0 aliphatic heterocycles. The molecule has 0 aliphatic carbocycles. The van der Waals surface area contributed by atoms with Crippen molar-refractivity contribution >= 4 is 35.2 Å². The van der Waals surface area contributed by atoms with Crippen LogP contribution in [0.15, 0.2) is 12.3 Å². The van der Waals surface area contributed by atoms with Crippen LogP contribution in [0.5, 0.6) is 0 Å². The predicted molar refractivity (Wildman–Crippen MR) is 46.7 cm³/mol. The minimum absolute atomic E-state index is 0.197. The molecule has 0 aliphatic rings. The van der Waals surface area contributed by atoms with Gasteiger partial charge in [0.25, 0.3) is 0 Å². The zero-order chi connectivity index (χ0) is 8.43. The monoisotopic (exact) mass is 267 g/mol. The van der Waals surface area contributed by atoms with Crippen molar-refractivity contribution in [2.45, 2.75) is 0 Å². The maximum Gasteiger partial charge on any atom is 0.493 e. The van der Waals surface area contributed by atoms with Crippen molar-refractivity contribution in [1.82, 2.24) is 4.98 Å². The number of halogens is 2. The smallest absolute Gasteiger partial charge is 0.423 e. The van der Waals surface area contributed by atoms with Crippen LogP contribution in [0.1, 0.15) is 0 Å². The number of hydrogen-bond acceptors (Lipinski definition) is 3. The Balaban J connectivity index is 3.13. The van der Waals surface area contributed by atoms with Crippen molar-refractivity contribution in [2.24, 2.45) is 0 Å². The van der Waals surface area contributed by atoms with E-state index in [2.05, 4.69) is 4.98 Å². The number of hydrogen-bond donors (Lipinski definition) is 2. The molecule has 1 heterocycles. The van der Waals surface area contributed by atoms with Gasteiger partial charge in [-0.25, -0.2) is 4.98 Å². The van der Waals surface area contributed by atoms with E-state index in [0.29, 0.717) is 3.57 Å². The number of nitrogens with zero attached hydrogens (tertiary/aromatic N) is 1. The van der Waals surface area contributed by atoms with Crippen LogP contribution in [0.4, 0.5) is 4.39 Å². The van der Waals surface area contributed by atoms with Crippen LogP contribution in [0.3, 0.4) is 0 Å². The molecule has 2 N–H and O–H groups in total. The van der Waals surface area contributed by atoms with Gasteiger partial charge in [0, 0.05) is 15.2 Å². The van der Waals surface area contributed by atoms with Crippen LogP contribution >= 0.6 is 22.6 Å². The lowest BCUT2D eigenvalue weighted by atomic mass is 9.81. The van der Waals surface area contributed by atoms with E-state index in [4.69, 9.17) is 10.0 Å². The maximum atomic E-state index is 12.6. The van der Waals surface area contributed by atoms with Gasteiger partial charge in [-0.1, -0.05) is 0 Å². The highest BCUT2D eigenvalue weighted by molar-refractivity contribution is 14.1. The van der Waals surface area contributed by atoms with Crippen molar-refractivity contribution in [3.63, 3.8) is 0 Å². The Morgan fingerprint density at radius 1 is 1.55 bits per heavy atom. The molecule has 0 spiro atoms. The van der Waals surface area contributed by atoms with Crippen molar-refractivity contribution in [3.05, 3.63) is 21.8 Å². The Bertz CT molecular complexity index is 271. The molecule has 3 nitrogen and oxygen atoms in total. The number of rotatable bonds is 1. The lowest BCUT2D eigenvalue weighted by Crippen LogP contribution is -2.33. The van der Waals surface area contributed by atoms with Crippen LogP contribution in [0.25, 0.3) is 0 Å². The van der Waals surface area contributed by atoms with Gasteiger partial charge < -0.3 is 10.0 Å². The summed E-state index contributed by atoms with van der Waals surface area (Å²) in [6.45, 7) is 0. The summed E-state index contributed by atoms with van der Waals surface area (Å²) in [5.74, 6) is -0.847. The Morgan fingerprint density at radius 3 is 2.64 bits per heavy atom. The van der Waals surface area contributed by atoms with E-state index < -0.39 is 13.1 Å². The summed E-state index contributed by atoms with van der Waals surface area (Å²) in [5, 5.41) is 17.2. The summed E-state index contributed by atoms with van der Waals surface area (Å²) in [5.41, 5.74) is -0.197. The second-order valence-corrected chi connectivity index (χ2v) is 3.15. The Hall–Kier alpha value is -0.205. The first-order valence-corrected chi connectivity index (χ1v) is 3.86. The molecule has 0 fully saturated rings. The first-order valence-electron chi connectivity index (χ1n) is 2.78. The molecule has 0 saturated carbocycles. The van der Waals surface area contributed by atoms with Gasteiger partial charge in [-0.15, -0.1) is 0 Å². The molecule has 1 rings (SSSR count). The summed E-state index contributed by atoms with van der Waals surface area (Å²) in [4.78, 5) is 3.31. The van der Waals surface area contributed by atoms with Gasteiger partial charge in [-0.3, -0.25) is 0 Å². The van der Waals surface area contributed by atoms with E-state index in [1.54, 1.807) is 0 Å². The molecular formula is C5H4BFINO2. The minimum Gasteiger partial charge on any atom is -0.423 e. The number of pyridine rings is 1. The molecule has 1 aromatic rings. The van der Waals surface area contributed by atoms with Gasteiger partial charge >= 0.3 is 7.12 Å². The third kappa shape index (κ3) is 2.11. The fourth-order valence-electron chi connectivity index (χ4n) is 0.619. The molecule has 0 saturated heterocycles. The Labute approximate surface area is 76.6 Å². The van der Waals surface area contributed by atoms with Crippen LogP contribution in [0.2, 0.25) is 0 Å². The maximum absolute atomic E-state index is 12.6. The van der Waals surface area contributed by atoms with Crippen LogP contribution in [0, 0.1) is 9.52 Å². The first-order chi connectivity index (χ1) is 5.11. The largest absolute Gasteiger partial charge is 0.493 e. The highest BCUT2D eigenvalue weighted by Gasteiger charge is 2.17. The van der Waals surface area contributed by atoms with Crippen molar-refractivity contribution in [3.8, 4) is 0 Å². The molecule has 0 aromatic carbocycles. The average molecular weight is 267 g/mol. The molecule has 11 heavy (non-hydrogen) atoms. The average Bonchev–Trinajstić information content (AvgIpc) is 1.94. The predicted octanol–water partition coefficient (Wildman–Crippen LogP) is -0.495. The van der Waals surface area contributed by atoms with Crippen LogP contribution in [-0.2, 0) is 0 Å². The molecule has 6 heteroatoms. The highest BCUT2D eigenvalue weighted by Crippen LogP contribution is 2.00. The molecule has 0 unspecified atom stereocenters. The van der Waals surface area contributed by atoms with E-state index in [9.17, 15) is 4.39 Å². The molecule has 0 radical (unpaired) electrons. The van der Waals surface area contributed by atoms with Crippen LogP contribution in [-0.4, -0.2) is 22.2 Å². The van der Waals surface area contributed by atoms with E-state index in [0.717, 1.165) is 0 Å². The third-order valence-corrected chi connectivity index (χ3v) is 1.70. The lowest BCUT2D eigenvalue weighted by Gasteiger charge is -1.99.